The summed E-state index contributed by atoms with van der Waals surface area (Å²) in [5.74, 6) is -0.923. The molecule has 3 rings (SSSR count). The smallest absolute Gasteiger partial charge is 0.287 e. The van der Waals surface area contributed by atoms with Crippen LogP contribution in [-0.4, -0.2) is 37.2 Å². The number of hydrogen-bond acceptors (Lipinski definition) is 5. The number of amides is 2. The van der Waals surface area contributed by atoms with Gasteiger partial charge >= 0.3 is 0 Å². The maximum absolute atomic E-state index is 12.9. The predicted molar refractivity (Wildman–Crippen MR) is 144 cm³/mol. The molecule has 0 heterocycles. The summed E-state index contributed by atoms with van der Waals surface area (Å²) in [6.07, 6.45) is 2.95. The highest BCUT2D eigenvalue weighted by Gasteiger charge is 2.14. The third-order valence-corrected chi connectivity index (χ3v) is 5.54. The lowest BCUT2D eigenvalue weighted by atomic mass is 10.1. The van der Waals surface area contributed by atoms with Crippen molar-refractivity contribution < 1.29 is 14.7 Å². The highest BCUT2D eigenvalue weighted by molar-refractivity contribution is 14.1. The van der Waals surface area contributed by atoms with Gasteiger partial charge in [-0.25, -0.2) is 5.43 Å². The second-order valence-corrected chi connectivity index (χ2v) is 8.97. The molecule has 0 aromatic heterocycles. The molecule has 3 aromatic rings. The predicted octanol–water partition coefficient (Wildman–Crippen LogP) is 4.29. The van der Waals surface area contributed by atoms with Crippen molar-refractivity contribution in [2.75, 3.05) is 19.0 Å². The minimum absolute atomic E-state index is 0.0339. The Bertz CT molecular complexity index is 1240. The van der Waals surface area contributed by atoms with Crippen molar-refractivity contribution in [1.82, 2.24) is 10.7 Å². The van der Waals surface area contributed by atoms with Crippen LogP contribution in [0.25, 0.3) is 6.08 Å². The molecule has 34 heavy (non-hydrogen) atoms. The minimum atomic E-state index is -0.598. The molecular formula is C26H25IN4O3. The molecule has 0 saturated carbocycles. The van der Waals surface area contributed by atoms with Gasteiger partial charge in [0.2, 0.25) is 0 Å². The highest BCUT2D eigenvalue weighted by atomic mass is 127. The zero-order valence-electron chi connectivity index (χ0n) is 19.0. The molecule has 3 N–H and O–H groups in total. The van der Waals surface area contributed by atoms with Crippen LogP contribution >= 0.6 is 22.6 Å². The van der Waals surface area contributed by atoms with Crippen LogP contribution in [0.15, 0.2) is 77.5 Å². The lowest BCUT2D eigenvalue weighted by Gasteiger charge is -2.12. The van der Waals surface area contributed by atoms with Crippen LogP contribution in [0.4, 0.5) is 5.69 Å². The number of halogens is 1. The normalized spacial score (nSPS) is 11.4. The zero-order valence-corrected chi connectivity index (χ0v) is 21.2. The lowest BCUT2D eigenvalue weighted by molar-refractivity contribution is -0.117. The molecule has 0 spiro atoms. The topological polar surface area (TPSA) is 94.0 Å². The Balaban J connectivity index is 1.84. The fourth-order valence-electron chi connectivity index (χ4n) is 3.06. The first-order valence-corrected chi connectivity index (χ1v) is 11.5. The van der Waals surface area contributed by atoms with Crippen LogP contribution in [0.3, 0.4) is 0 Å². The Labute approximate surface area is 212 Å². The van der Waals surface area contributed by atoms with E-state index in [-0.39, 0.29) is 11.4 Å². The molecule has 0 bridgehead atoms. The minimum Gasteiger partial charge on any atom is -0.507 e. The van der Waals surface area contributed by atoms with Crippen LogP contribution in [0.1, 0.15) is 27.0 Å². The molecule has 0 atom stereocenters. The van der Waals surface area contributed by atoms with E-state index in [0.29, 0.717) is 16.7 Å². The Morgan fingerprint density at radius 1 is 1.03 bits per heavy atom. The number of carbonyl (C=O) groups excluding carboxylic acids is 2. The molecule has 0 aliphatic carbocycles. The van der Waals surface area contributed by atoms with Crippen molar-refractivity contribution in [3.8, 4) is 5.75 Å². The van der Waals surface area contributed by atoms with E-state index in [1.54, 1.807) is 43.3 Å². The second kappa shape index (κ2) is 11.5. The van der Waals surface area contributed by atoms with Gasteiger partial charge in [0.1, 0.15) is 11.4 Å². The Morgan fingerprint density at radius 2 is 1.71 bits per heavy atom. The van der Waals surface area contributed by atoms with Gasteiger partial charge in [0.15, 0.2) is 0 Å². The van der Waals surface area contributed by atoms with Crippen molar-refractivity contribution >= 4 is 52.4 Å². The largest absolute Gasteiger partial charge is 0.507 e. The van der Waals surface area contributed by atoms with E-state index >= 15 is 0 Å². The summed E-state index contributed by atoms with van der Waals surface area (Å²) in [6, 6.07) is 19.8. The fourth-order valence-corrected chi connectivity index (χ4v) is 3.86. The highest BCUT2D eigenvalue weighted by Crippen LogP contribution is 2.23. The number of hydrazone groups is 1. The van der Waals surface area contributed by atoms with Gasteiger partial charge in [-0.2, -0.15) is 5.10 Å². The summed E-state index contributed by atoms with van der Waals surface area (Å²) in [7, 11) is 3.88. The number of phenols is 1. The first kappa shape index (κ1) is 25.0. The van der Waals surface area contributed by atoms with Crippen LogP contribution in [0.5, 0.6) is 5.75 Å². The van der Waals surface area contributed by atoms with E-state index < -0.39 is 11.8 Å². The quantitative estimate of drug-likeness (QED) is 0.172. The van der Waals surface area contributed by atoms with Crippen LogP contribution in [-0.2, 0) is 4.79 Å². The number of hydrogen-bond donors (Lipinski definition) is 3. The van der Waals surface area contributed by atoms with Gasteiger partial charge in [0.25, 0.3) is 11.8 Å². The molecule has 2 amide bonds. The summed E-state index contributed by atoms with van der Waals surface area (Å²) >= 11 is 2.14. The molecule has 0 aliphatic rings. The molecule has 8 heteroatoms. The lowest BCUT2D eigenvalue weighted by Crippen LogP contribution is -2.32. The van der Waals surface area contributed by atoms with Gasteiger partial charge in [-0.15, -0.1) is 0 Å². The molecule has 0 aliphatic heterocycles. The summed E-state index contributed by atoms with van der Waals surface area (Å²) in [5, 5.41) is 16.9. The summed E-state index contributed by atoms with van der Waals surface area (Å²) in [4.78, 5) is 27.6. The Morgan fingerprint density at radius 3 is 2.35 bits per heavy atom. The van der Waals surface area contributed by atoms with Crippen molar-refractivity contribution in [1.29, 1.82) is 0 Å². The number of aryl methyl sites for hydroxylation is 1. The first-order chi connectivity index (χ1) is 16.2. The van der Waals surface area contributed by atoms with Gasteiger partial charge in [-0.3, -0.25) is 9.59 Å². The van der Waals surface area contributed by atoms with Gasteiger partial charge in [0.05, 0.1) is 6.21 Å². The molecule has 174 valence electrons. The number of carbonyl (C=O) groups is 2. The van der Waals surface area contributed by atoms with Gasteiger partial charge in [-0.05, 0) is 83.1 Å². The van der Waals surface area contributed by atoms with E-state index in [1.165, 1.54) is 6.21 Å². The van der Waals surface area contributed by atoms with Crippen LogP contribution in [0.2, 0.25) is 0 Å². The van der Waals surface area contributed by atoms with E-state index in [9.17, 15) is 14.7 Å². The van der Waals surface area contributed by atoms with Gasteiger partial charge < -0.3 is 15.3 Å². The van der Waals surface area contributed by atoms with E-state index in [1.807, 2.05) is 55.4 Å². The third kappa shape index (κ3) is 6.67. The van der Waals surface area contributed by atoms with Crippen LogP contribution < -0.4 is 15.6 Å². The fraction of sp³-hybridized carbons (Fsp3) is 0.115. The average Bonchev–Trinajstić information content (AvgIpc) is 2.82. The van der Waals surface area contributed by atoms with E-state index in [2.05, 4.69) is 38.4 Å². The van der Waals surface area contributed by atoms with Crippen LogP contribution in [0, 0.1) is 10.5 Å². The van der Waals surface area contributed by atoms with Crippen molar-refractivity contribution in [2.45, 2.75) is 6.92 Å². The van der Waals surface area contributed by atoms with Gasteiger partial charge in [-0.1, -0.05) is 30.3 Å². The van der Waals surface area contributed by atoms with Gasteiger partial charge in [0, 0.05) is 34.5 Å². The zero-order chi connectivity index (χ0) is 24.7. The van der Waals surface area contributed by atoms with E-state index in [4.69, 9.17) is 0 Å². The molecule has 7 nitrogen and oxygen atoms in total. The number of rotatable bonds is 7. The van der Waals surface area contributed by atoms with Crippen molar-refractivity contribution in [2.24, 2.45) is 5.10 Å². The molecule has 3 aromatic carbocycles. The summed E-state index contributed by atoms with van der Waals surface area (Å²) < 4.78 is 0.928. The summed E-state index contributed by atoms with van der Waals surface area (Å²) in [6.45, 7) is 1.79. The standard InChI is InChI=1S/C26H25IN4O3/c1-17-13-21(27)15-20(24(17)32)16-28-30-26(34)23(29-25(33)19-7-5-4-6-8-19)14-18-9-11-22(12-10-18)31(2)3/h4-16,32H,1-3H3,(H,29,33)(H,30,34)/b23-14-,28-16-. The third-order valence-electron chi connectivity index (χ3n) is 4.91. The molecule has 0 fully saturated rings. The second-order valence-electron chi connectivity index (χ2n) is 7.72. The molecule has 0 saturated heterocycles. The maximum atomic E-state index is 12.9. The average molecular weight is 568 g/mol. The number of nitrogens with one attached hydrogen (secondary N) is 2. The first-order valence-electron chi connectivity index (χ1n) is 10.4. The monoisotopic (exact) mass is 568 g/mol. The molecule has 0 unspecified atom stereocenters. The maximum Gasteiger partial charge on any atom is 0.287 e. The SMILES string of the molecule is Cc1cc(I)cc(/C=N\NC(=O)/C(=C/c2ccc(N(C)C)cc2)NC(=O)c2ccccc2)c1O. The number of phenolic OH excluding ortho intramolecular Hbond substituents is 1. The number of aromatic hydroxyl groups is 1. The number of benzene rings is 3. The number of anilines is 1. The molecule has 0 radical (unpaired) electrons. The van der Waals surface area contributed by atoms with Crippen molar-refractivity contribution in [3.63, 3.8) is 0 Å². The molecular weight excluding hydrogens is 543 g/mol. The summed E-state index contributed by atoms with van der Waals surface area (Å²) in [5.41, 5.74) is 5.81. The Hall–Kier alpha value is -3.66. The van der Waals surface area contributed by atoms with Crippen molar-refractivity contribution in [3.05, 3.63) is 98.3 Å². The number of nitrogens with zero attached hydrogens (tertiary/aromatic N) is 2. The Kier molecular flexibility index (Phi) is 8.42. The van der Waals surface area contributed by atoms with E-state index in [0.717, 1.165) is 14.8 Å².